The molecular weight excluding hydrogens is 335 g/mol. The van der Waals surface area contributed by atoms with Gasteiger partial charge in [0.05, 0.1) is 23.4 Å². The molecule has 0 saturated carbocycles. The maximum Gasteiger partial charge on any atom is 0.444 e. The zero-order valence-electron chi connectivity index (χ0n) is 11.8. The minimum atomic E-state index is -4.66. The quantitative estimate of drug-likeness (QED) is 0.741. The highest BCUT2D eigenvalue weighted by atomic mass is 35.5. The summed E-state index contributed by atoms with van der Waals surface area (Å²) in [5.41, 5.74) is -1.24. The number of rotatable bonds is 3. The fraction of sp³-hybridized carbons (Fsp3) is 0.133. The normalized spacial score (nSPS) is 11.2. The number of anilines is 1. The molecule has 0 fully saturated rings. The molecule has 8 heteroatoms. The lowest BCUT2D eigenvalue weighted by Gasteiger charge is -2.20. The Morgan fingerprint density at radius 3 is 2.35 bits per heavy atom. The van der Waals surface area contributed by atoms with Gasteiger partial charge in [-0.3, -0.25) is 4.84 Å². The van der Waals surface area contributed by atoms with Gasteiger partial charge < -0.3 is 4.74 Å². The molecule has 2 aromatic carbocycles. The average molecular weight is 346 g/mol. The second-order valence-electron chi connectivity index (χ2n) is 4.32. The van der Waals surface area contributed by atoms with Gasteiger partial charge in [-0.25, -0.2) is 4.79 Å². The summed E-state index contributed by atoms with van der Waals surface area (Å²) in [7, 11) is 1.13. The number of benzene rings is 2. The van der Waals surface area contributed by atoms with E-state index < -0.39 is 22.9 Å². The van der Waals surface area contributed by atoms with Crippen molar-refractivity contribution in [3.05, 3.63) is 59.1 Å². The maximum absolute atomic E-state index is 12.9. The van der Waals surface area contributed by atoms with Crippen molar-refractivity contribution in [1.29, 1.82) is 0 Å². The molecule has 0 aliphatic heterocycles. The number of carbonyl (C=O) groups excluding carboxylic acids is 1. The standard InChI is InChI=1S/C15H11ClF3NO3/c1-22-20(14(21)23-11-5-3-2-4-6-11)10-7-8-13(16)12(9-10)15(17,18)19/h2-9H,1H3. The molecule has 0 aromatic heterocycles. The number of ether oxygens (including phenoxy) is 1. The molecular formula is C15H11ClF3NO3. The highest BCUT2D eigenvalue weighted by molar-refractivity contribution is 6.31. The molecule has 0 spiro atoms. The third-order valence-corrected chi connectivity index (χ3v) is 3.12. The minimum absolute atomic E-state index is 0.162. The molecule has 1 amide bonds. The van der Waals surface area contributed by atoms with Crippen LogP contribution in [-0.2, 0) is 11.0 Å². The summed E-state index contributed by atoms with van der Waals surface area (Å²) in [6.45, 7) is 0. The van der Waals surface area contributed by atoms with Gasteiger partial charge in [-0.1, -0.05) is 29.8 Å². The lowest BCUT2D eigenvalue weighted by Crippen LogP contribution is -2.32. The Morgan fingerprint density at radius 1 is 1.13 bits per heavy atom. The van der Waals surface area contributed by atoms with Crippen LogP contribution in [0.3, 0.4) is 0 Å². The summed E-state index contributed by atoms with van der Waals surface area (Å²) in [6.07, 6.45) is -5.65. The topological polar surface area (TPSA) is 38.8 Å². The lowest BCUT2D eigenvalue weighted by atomic mass is 10.2. The smallest absolute Gasteiger partial charge is 0.408 e. The van der Waals surface area contributed by atoms with E-state index in [1.165, 1.54) is 18.2 Å². The molecule has 0 aliphatic rings. The summed E-state index contributed by atoms with van der Waals surface area (Å²) < 4.78 is 43.7. The van der Waals surface area contributed by atoms with Crippen LogP contribution in [0.15, 0.2) is 48.5 Å². The van der Waals surface area contributed by atoms with Gasteiger partial charge >= 0.3 is 12.3 Å². The van der Waals surface area contributed by atoms with Crippen molar-refractivity contribution in [2.75, 3.05) is 12.2 Å². The Morgan fingerprint density at radius 2 is 1.78 bits per heavy atom. The SMILES string of the molecule is CON(C(=O)Oc1ccccc1)c1ccc(Cl)c(C(F)(F)F)c1. The largest absolute Gasteiger partial charge is 0.444 e. The molecule has 0 aliphatic carbocycles. The van der Waals surface area contributed by atoms with Crippen molar-refractivity contribution in [1.82, 2.24) is 0 Å². The highest BCUT2D eigenvalue weighted by Gasteiger charge is 2.34. The van der Waals surface area contributed by atoms with E-state index in [1.807, 2.05) is 0 Å². The molecule has 0 radical (unpaired) electrons. The van der Waals surface area contributed by atoms with Crippen LogP contribution in [0.2, 0.25) is 5.02 Å². The van der Waals surface area contributed by atoms with Crippen molar-refractivity contribution < 1.29 is 27.5 Å². The molecule has 23 heavy (non-hydrogen) atoms. The Balaban J connectivity index is 2.29. The van der Waals surface area contributed by atoms with Crippen LogP contribution in [0.4, 0.5) is 23.7 Å². The van der Waals surface area contributed by atoms with Crippen molar-refractivity contribution in [2.45, 2.75) is 6.18 Å². The van der Waals surface area contributed by atoms with Crippen LogP contribution >= 0.6 is 11.6 Å². The first kappa shape index (κ1) is 17.1. The number of hydrogen-bond acceptors (Lipinski definition) is 3. The third-order valence-electron chi connectivity index (χ3n) is 2.79. The van der Waals surface area contributed by atoms with E-state index in [2.05, 4.69) is 0 Å². The summed E-state index contributed by atoms with van der Waals surface area (Å²) in [6, 6.07) is 11.0. The monoisotopic (exact) mass is 345 g/mol. The lowest BCUT2D eigenvalue weighted by molar-refractivity contribution is -0.137. The summed E-state index contributed by atoms with van der Waals surface area (Å²) in [4.78, 5) is 16.9. The van der Waals surface area contributed by atoms with Crippen molar-refractivity contribution >= 4 is 23.4 Å². The van der Waals surface area contributed by atoms with Crippen LogP contribution < -0.4 is 9.80 Å². The van der Waals surface area contributed by atoms with E-state index in [0.717, 1.165) is 13.2 Å². The average Bonchev–Trinajstić information content (AvgIpc) is 2.49. The number of nitrogens with zero attached hydrogens (tertiary/aromatic N) is 1. The van der Waals surface area contributed by atoms with Crippen molar-refractivity contribution in [2.24, 2.45) is 0 Å². The predicted octanol–water partition coefficient (Wildman–Crippen LogP) is 4.93. The van der Waals surface area contributed by atoms with Crippen molar-refractivity contribution in [3.8, 4) is 5.75 Å². The first-order valence-corrected chi connectivity index (χ1v) is 6.68. The number of halogens is 4. The Kier molecular flexibility index (Phi) is 5.12. The van der Waals surface area contributed by atoms with Crippen LogP contribution in [0.5, 0.6) is 5.75 Å². The second-order valence-corrected chi connectivity index (χ2v) is 4.73. The maximum atomic E-state index is 12.9. The molecule has 0 bridgehead atoms. The van der Waals surface area contributed by atoms with Gasteiger partial charge in [0.25, 0.3) is 0 Å². The second kappa shape index (κ2) is 6.89. The van der Waals surface area contributed by atoms with Gasteiger partial charge in [-0.05, 0) is 30.3 Å². The summed E-state index contributed by atoms with van der Waals surface area (Å²) in [5.74, 6) is 0.226. The van der Waals surface area contributed by atoms with Crippen LogP contribution in [0.1, 0.15) is 5.56 Å². The molecule has 0 atom stereocenters. The first-order valence-electron chi connectivity index (χ1n) is 6.31. The highest BCUT2D eigenvalue weighted by Crippen LogP contribution is 2.37. The zero-order valence-corrected chi connectivity index (χ0v) is 12.6. The molecule has 2 aromatic rings. The van der Waals surface area contributed by atoms with Gasteiger partial charge in [0.1, 0.15) is 5.75 Å². The zero-order chi connectivity index (χ0) is 17.0. The van der Waals surface area contributed by atoms with Gasteiger partial charge in [0.2, 0.25) is 0 Å². The Labute approximate surface area is 134 Å². The van der Waals surface area contributed by atoms with Crippen LogP contribution in [-0.4, -0.2) is 13.2 Å². The molecule has 4 nitrogen and oxygen atoms in total. The number of hydrogen-bond donors (Lipinski definition) is 0. The van der Waals surface area contributed by atoms with E-state index in [0.29, 0.717) is 11.1 Å². The fourth-order valence-electron chi connectivity index (χ4n) is 1.77. The van der Waals surface area contributed by atoms with Gasteiger partial charge in [0, 0.05) is 0 Å². The Bertz CT molecular complexity index is 692. The number of carbonyl (C=O) groups is 1. The number of para-hydroxylation sites is 1. The number of hydroxylamine groups is 1. The molecule has 0 N–H and O–H groups in total. The van der Waals surface area contributed by atoms with E-state index in [9.17, 15) is 18.0 Å². The third kappa shape index (κ3) is 4.14. The van der Waals surface area contributed by atoms with E-state index in [1.54, 1.807) is 18.2 Å². The van der Waals surface area contributed by atoms with Gasteiger partial charge in [0.15, 0.2) is 0 Å². The molecule has 2 rings (SSSR count). The van der Waals surface area contributed by atoms with E-state index >= 15 is 0 Å². The molecule has 0 unspecified atom stereocenters. The van der Waals surface area contributed by atoms with E-state index in [4.69, 9.17) is 21.2 Å². The van der Waals surface area contributed by atoms with Crippen LogP contribution in [0, 0.1) is 0 Å². The number of amides is 1. The molecule has 122 valence electrons. The van der Waals surface area contributed by atoms with Gasteiger partial charge in [-0.2, -0.15) is 18.2 Å². The number of alkyl halides is 3. The van der Waals surface area contributed by atoms with Gasteiger partial charge in [-0.15, -0.1) is 0 Å². The van der Waals surface area contributed by atoms with Crippen LogP contribution in [0.25, 0.3) is 0 Å². The summed E-state index contributed by atoms with van der Waals surface area (Å²) in [5, 5.41) is 0.118. The Hall–Kier alpha value is -2.25. The molecule has 0 saturated heterocycles. The van der Waals surface area contributed by atoms with Crippen molar-refractivity contribution in [3.63, 3.8) is 0 Å². The predicted molar refractivity (Wildman–Crippen MR) is 78.4 cm³/mol. The first-order chi connectivity index (χ1) is 10.8. The van der Waals surface area contributed by atoms with E-state index in [-0.39, 0.29) is 11.4 Å². The minimum Gasteiger partial charge on any atom is -0.408 e. The summed E-state index contributed by atoms with van der Waals surface area (Å²) >= 11 is 5.54. The fourth-order valence-corrected chi connectivity index (χ4v) is 2.00. The molecule has 0 heterocycles.